The summed E-state index contributed by atoms with van der Waals surface area (Å²) in [5.74, 6) is -1.43. The minimum absolute atomic E-state index is 0.202. The molecule has 0 aliphatic rings. The molecule has 0 aromatic heterocycles. The molecule has 1 atom stereocenters. The van der Waals surface area contributed by atoms with Crippen LogP contribution >= 0.6 is 0 Å². The van der Waals surface area contributed by atoms with Gasteiger partial charge in [-0.3, -0.25) is 0 Å². The summed E-state index contributed by atoms with van der Waals surface area (Å²) in [6.45, 7) is -1.29. The minimum atomic E-state index is -3.10. The number of carboxylic acids is 1. The molecule has 1 aromatic carbocycles. The molecule has 0 aliphatic carbocycles. The van der Waals surface area contributed by atoms with Crippen molar-refractivity contribution in [1.29, 1.82) is 0 Å². The quantitative estimate of drug-likeness (QED) is 0.840. The fourth-order valence-electron chi connectivity index (χ4n) is 1.12. The molecule has 0 radical (unpaired) electrons. The van der Waals surface area contributed by atoms with E-state index in [2.05, 4.69) is 4.74 Å². The molecule has 0 amide bonds. The van der Waals surface area contributed by atoms with Crippen LogP contribution in [-0.2, 0) is 9.53 Å². The molecule has 0 saturated heterocycles. The Morgan fingerprint density at radius 2 is 1.87 bits per heavy atom. The molecule has 0 bridgehead atoms. The number of benzene rings is 1. The van der Waals surface area contributed by atoms with Gasteiger partial charge in [0.05, 0.1) is 0 Å². The standard InChI is InChI=1S/C10H10F2O3/c1-6-2-4-7(5-3-6)8(9(13)14)15-10(11)12/h2-5,8,10H,1H3,(H,13,14). The second-order valence-corrected chi connectivity index (χ2v) is 3.03. The number of rotatable bonds is 4. The Morgan fingerprint density at radius 3 is 2.27 bits per heavy atom. The molecule has 0 aliphatic heterocycles. The molecule has 3 nitrogen and oxygen atoms in total. The van der Waals surface area contributed by atoms with Crippen LogP contribution in [0.25, 0.3) is 0 Å². The van der Waals surface area contributed by atoms with Gasteiger partial charge in [-0.25, -0.2) is 4.79 Å². The number of hydrogen-bond donors (Lipinski definition) is 1. The lowest BCUT2D eigenvalue weighted by Crippen LogP contribution is -2.17. The van der Waals surface area contributed by atoms with Crippen molar-refractivity contribution in [3.05, 3.63) is 35.4 Å². The summed E-state index contributed by atoms with van der Waals surface area (Å²) < 4.78 is 27.9. The Hall–Kier alpha value is -1.49. The zero-order chi connectivity index (χ0) is 11.4. The van der Waals surface area contributed by atoms with Gasteiger partial charge in [0.15, 0.2) is 6.10 Å². The van der Waals surface area contributed by atoms with Crippen molar-refractivity contribution in [1.82, 2.24) is 0 Å². The summed E-state index contributed by atoms with van der Waals surface area (Å²) in [6, 6.07) is 6.19. The van der Waals surface area contributed by atoms with E-state index in [1.54, 1.807) is 12.1 Å². The molecular weight excluding hydrogens is 206 g/mol. The van der Waals surface area contributed by atoms with Crippen molar-refractivity contribution in [2.75, 3.05) is 0 Å². The zero-order valence-electron chi connectivity index (χ0n) is 7.98. The average Bonchev–Trinajstić information content (AvgIpc) is 2.15. The van der Waals surface area contributed by atoms with Crippen molar-refractivity contribution in [3.63, 3.8) is 0 Å². The summed E-state index contributed by atoms with van der Waals surface area (Å²) in [6.07, 6.45) is -1.62. The smallest absolute Gasteiger partial charge is 0.346 e. The number of alkyl halides is 2. The van der Waals surface area contributed by atoms with Gasteiger partial charge in [-0.15, -0.1) is 0 Å². The number of halogens is 2. The highest BCUT2D eigenvalue weighted by Gasteiger charge is 2.24. The number of carbonyl (C=O) groups is 1. The van der Waals surface area contributed by atoms with Crippen molar-refractivity contribution >= 4 is 5.97 Å². The van der Waals surface area contributed by atoms with Gasteiger partial charge in [-0.2, -0.15) is 8.78 Å². The fraction of sp³-hybridized carbons (Fsp3) is 0.300. The van der Waals surface area contributed by atoms with E-state index >= 15 is 0 Å². The molecule has 0 spiro atoms. The fourth-order valence-corrected chi connectivity index (χ4v) is 1.12. The van der Waals surface area contributed by atoms with Gasteiger partial charge < -0.3 is 9.84 Å². The Morgan fingerprint density at radius 1 is 1.33 bits per heavy atom. The second-order valence-electron chi connectivity index (χ2n) is 3.03. The largest absolute Gasteiger partial charge is 0.479 e. The monoisotopic (exact) mass is 216 g/mol. The zero-order valence-corrected chi connectivity index (χ0v) is 7.98. The van der Waals surface area contributed by atoms with Gasteiger partial charge in [0.1, 0.15) is 0 Å². The molecule has 0 fully saturated rings. The van der Waals surface area contributed by atoms with E-state index in [1.165, 1.54) is 12.1 Å². The van der Waals surface area contributed by atoms with Gasteiger partial charge in [0, 0.05) is 0 Å². The molecule has 1 unspecified atom stereocenters. The van der Waals surface area contributed by atoms with Crippen LogP contribution in [0.3, 0.4) is 0 Å². The Kier molecular flexibility index (Phi) is 3.74. The van der Waals surface area contributed by atoms with E-state index in [-0.39, 0.29) is 5.56 Å². The van der Waals surface area contributed by atoms with Crippen LogP contribution in [0.15, 0.2) is 24.3 Å². The predicted octanol–water partition coefficient (Wildman–Crippen LogP) is 2.36. The third-order valence-electron chi connectivity index (χ3n) is 1.84. The van der Waals surface area contributed by atoms with Crippen LogP contribution in [0, 0.1) is 6.92 Å². The maximum Gasteiger partial charge on any atom is 0.346 e. The lowest BCUT2D eigenvalue weighted by atomic mass is 10.1. The normalized spacial score (nSPS) is 12.8. The topological polar surface area (TPSA) is 46.5 Å². The van der Waals surface area contributed by atoms with E-state index < -0.39 is 18.7 Å². The molecular formula is C10H10F2O3. The number of carboxylic acid groups (broad SMARTS) is 1. The third-order valence-corrected chi connectivity index (χ3v) is 1.84. The maximum absolute atomic E-state index is 11.9. The Balaban J connectivity index is 2.89. The highest BCUT2D eigenvalue weighted by molar-refractivity contribution is 5.74. The molecule has 0 saturated carbocycles. The number of aryl methyl sites for hydroxylation is 1. The van der Waals surface area contributed by atoms with Crippen molar-refractivity contribution < 1.29 is 23.4 Å². The van der Waals surface area contributed by atoms with Crippen molar-refractivity contribution in [2.24, 2.45) is 0 Å². The minimum Gasteiger partial charge on any atom is -0.479 e. The van der Waals surface area contributed by atoms with Crippen LogP contribution in [-0.4, -0.2) is 17.7 Å². The molecule has 82 valence electrons. The van der Waals surface area contributed by atoms with Gasteiger partial charge in [-0.05, 0) is 12.5 Å². The molecule has 15 heavy (non-hydrogen) atoms. The summed E-state index contributed by atoms with van der Waals surface area (Å²) in [5, 5.41) is 8.69. The van der Waals surface area contributed by atoms with Gasteiger partial charge >= 0.3 is 12.6 Å². The lowest BCUT2D eigenvalue weighted by Gasteiger charge is -2.13. The maximum atomic E-state index is 11.9. The first-order chi connectivity index (χ1) is 7.00. The molecule has 1 aromatic rings. The highest BCUT2D eigenvalue weighted by Crippen LogP contribution is 2.20. The Labute approximate surface area is 85.3 Å². The van der Waals surface area contributed by atoms with E-state index in [0.29, 0.717) is 0 Å². The van der Waals surface area contributed by atoms with E-state index in [0.717, 1.165) is 5.56 Å². The number of aliphatic carboxylic acids is 1. The first kappa shape index (κ1) is 11.6. The van der Waals surface area contributed by atoms with E-state index in [1.807, 2.05) is 6.92 Å². The van der Waals surface area contributed by atoms with Crippen LogP contribution in [0.5, 0.6) is 0 Å². The summed E-state index contributed by atoms with van der Waals surface area (Å²) in [4.78, 5) is 10.7. The van der Waals surface area contributed by atoms with Crippen LogP contribution < -0.4 is 0 Å². The molecule has 1 N–H and O–H groups in total. The third kappa shape index (κ3) is 3.28. The highest BCUT2D eigenvalue weighted by atomic mass is 19.3. The van der Waals surface area contributed by atoms with Crippen molar-refractivity contribution in [2.45, 2.75) is 19.6 Å². The number of hydrogen-bond acceptors (Lipinski definition) is 2. The Bertz CT molecular complexity index is 335. The SMILES string of the molecule is Cc1ccc(C(OC(F)F)C(=O)O)cc1. The summed E-state index contributed by atoms with van der Waals surface area (Å²) in [5.41, 5.74) is 1.12. The van der Waals surface area contributed by atoms with Crippen LogP contribution in [0.2, 0.25) is 0 Å². The van der Waals surface area contributed by atoms with Crippen LogP contribution in [0.4, 0.5) is 8.78 Å². The van der Waals surface area contributed by atoms with Gasteiger partial charge in [0.2, 0.25) is 0 Å². The lowest BCUT2D eigenvalue weighted by molar-refractivity contribution is -0.188. The molecule has 5 heteroatoms. The first-order valence-corrected chi connectivity index (χ1v) is 4.23. The van der Waals surface area contributed by atoms with E-state index in [4.69, 9.17) is 5.11 Å². The van der Waals surface area contributed by atoms with Crippen LogP contribution in [0.1, 0.15) is 17.2 Å². The van der Waals surface area contributed by atoms with Gasteiger partial charge in [-0.1, -0.05) is 29.8 Å². The summed E-state index contributed by atoms with van der Waals surface area (Å²) in [7, 11) is 0. The second kappa shape index (κ2) is 4.84. The number of ether oxygens (including phenoxy) is 1. The molecule has 0 heterocycles. The summed E-state index contributed by atoms with van der Waals surface area (Å²) >= 11 is 0. The van der Waals surface area contributed by atoms with E-state index in [9.17, 15) is 13.6 Å². The average molecular weight is 216 g/mol. The van der Waals surface area contributed by atoms with Gasteiger partial charge in [0.25, 0.3) is 0 Å². The predicted molar refractivity (Wildman–Crippen MR) is 48.6 cm³/mol. The molecule has 1 rings (SSSR count). The van der Waals surface area contributed by atoms with Crippen molar-refractivity contribution in [3.8, 4) is 0 Å². The first-order valence-electron chi connectivity index (χ1n) is 4.23.